The molecule has 19 heavy (non-hydrogen) atoms. The number of anilines is 1. The van der Waals surface area contributed by atoms with Crippen LogP contribution in [0.3, 0.4) is 0 Å². The summed E-state index contributed by atoms with van der Waals surface area (Å²) in [5.41, 5.74) is 7.86. The van der Waals surface area contributed by atoms with Crippen LogP contribution in [0.4, 0.5) is 5.69 Å². The van der Waals surface area contributed by atoms with Gasteiger partial charge in [0.15, 0.2) is 0 Å². The van der Waals surface area contributed by atoms with Crippen LogP contribution in [0.5, 0.6) is 0 Å². The van der Waals surface area contributed by atoms with E-state index in [0.29, 0.717) is 0 Å². The molecular weight excluding hydrogens is 256 g/mol. The van der Waals surface area contributed by atoms with Gasteiger partial charge in [-0.25, -0.2) is 0 Å². The maximum atomic E-state index is 12.1. The molecule has 1 unspecified atom stereocenters. The highest BCUT2D eigenvalue weighted by Crippen LogP contribution is 2.30. The van der Waals surface area contributed by atoms with E-state index in [1.165, 1.54) is 11.8 Å². The molecule has 0 aromatic heterocycles. The lowest BCUT2D eigenvalue weighted by Gasteiger charge is -2.19. The number of amides is 1. The van der Waals surface area contributed by atoms with Gasteiger partial charge < -0.3 is 11.1 Å². The normalized spacial score (nSPS) is 12.5. The summed E-state index contributed by atoms with van der Waals surface area (Å²) in [6.45, 7) is 8.08. The zero-order valence-corrected chi connectivity index (χ0v) is 13.0. The van der Waals surface area contributed by atoms with Crippen molar-refractivity contribution in [1.82, 2.24) is 5.32 Å². The predicted molar refractivity (Wildman–Crippen MR) is 83.4 cm³/mol. The van der Waals surface area contributed by atoms with Gasteiger partial charge in [0.25, 0.3) is 0 Å². The van der Waals surface area contributed by atoms with Crippen LogP contribution in [-0.2, 0) is 4.79 Å². The lowest BCUT2D eigenvalue weighted by Crippen LogP contribution is -2.38. The summed E-state index contributed by atoms with van der Waals surface area (Å²) in [7, 11) is 0. The molecule has 0 aliphatic heterocycles. The van der Waals surface area contributed by atoms with Crippen molar-refractivity contribution < 1.29 is 4.79 Å². The number of rotatable bonds is 6. The Kier molecular flexibility index (Phi) is 6.22. The molecule has 1 atom stereocenters. The number of carbonyl (C=O) groups is 1. The van der Waals surface area contributed by atoms with Crippen LogP contribution >= 0.6 is 11.8 Å². The fourth-order valence-corrected chi connectivity index (χ4v) is 2.81. The zero-order valence-electron chi connectivity index (χ0n) is 12.2. The molecule has 106 valence electrons. The summed E-state index contributed by atoms with van der Waals surface area (Å²) in [5.74, 6) is 0.0830. The van der Waals surface area contributed by atoms with Crippen molar-refractivity contribution in [3.8, 4) is 0 Å². The molecule has 0 saturated carbocycles. The fraction of sp³-hybridized carbons (Fsp3) is 0.533. The van der Waals surface area contributed by atoms with E-state index in [-0.39, 0.29) is 17.2 Å². The first-order chi connectivity index (χ1) is 8.99. The molecule has 0 aliphatic carbocycles. The smallest absolute Gasteiger partial charge is 0.233 e. The molecule has 1 aromatic rings. The fourth-order valence-electron chi connectivity index (χ4n) is 1.81. The standard InChI is InChI=1S/C15H24N2OS/c1-5-12(6-2)17-15(18)11(4)19-13-9-7-8-10(3)14(13)16/h7-9,11-12H,5-6,16H2,1-4H3,(H,17,18). The Balaban J connectivity index is 2.66. The maximum Gasteiger partial charge on any atom is 0.233 e. The molecule has 1 rings (SSSR count). The Bertz CT molecular complexity index is 430. The lowest BCUT2D eigenvalue weighted by molar-refractivity contribution is -0.121. The van der Waals surface area contributed by atoms with Crippen molar-refractivity contribution in [3.63, 3.8) is 0 Å². The van der Waals surface area contributed by atoms with E-state index >= 15 is 0 Å². The molecule has 3 nitrogen and oxygen atoms in total. The second kappa shape index (κ2) is 7.43. The topological polar surface area (TPSA) is 55.1 Å². The van der Waals surface area contributed by atoms with Gasteiger partial charge in [-0.1, -0.05) is 26.0 Å². The molecule has 0 heterocycles. The predicted octanol–water partition coefficient (Wildman–Crippen LogP) is 3.36. The lowest BCUT2D eigenvalue weighted by atomic mass is 10.2. The van der Waals surface area contributed by atoms with Gasteiger partial charge in [-0.05, 0) is 38.3 Å². The number of aryl methyl sites for hydroxylation is 1. The molecule has 0 spiro atoms. The highest BCUT2D eigenvalue weighted by atomic mass is 32.2. The number of benzene rings is 1. The van der Waals surface area contributed by atoms with Crippen LogP contribution in [0.25, 0.3) is 0 Å². The van der Waals surface area contributed by atoms with E-state index in [9.17, 15) is 4.79 Å². The van der Waals surface area contributed by atoms with Gasteiger partial charge >= 0.3 is 0 Å². The Morgan fingerprint density at radius 2 is 2.00 bits per heavy atom. The van der Waals surface area contributed by atoms with Crippen molar-refractivity contribution in [3.05, 3.63) is 23.8 Å². The van der Waals surface area contributed by atoms with Crippen LogP contribution in [0.1, 0.15) is 39.2 Å². The molecule has 0 aliphatic rings. The molecule has 1 aromatic carbocycles. The largest absolute Gasteiger partial charge is 0.398 e. The first-order valence-electron chi connectivity index (χ1n) is 6.81. The van der Waals surface area contributed by atoms with Crippen LogP contribution in [-0.4, -0.2) is 17.2 Å². The Hall–Kier alpha value is -1.16. The first-order valence-corrected chi connectivity index (χ1v) is 7.69. The van der Waals surface area contributed by atoms with Gasteiger partial charge in [0.1, 0.15) is 0 Å². The van der Waals surface area contributed by atoms with Crippen molar-refractivity contribution in [1.29, 1.82) is 0 Å². The minimum absolute atomic E-state index is 0.0830. The average Bonchev–Trinajstić information content (AvgIpc) is 2.40. The number of para-hydroxylation sites is 1. The van der Waals surface area contributed by atoms with Gasteiger partial charge in [-0.3, -0.25) is 4.79 Å². The average molecular weight is 280 g/mol. The van der Waals surface area contributed by atoms with E-state index < -0.39 is 0 Å². The minimum atomic E-state index is -0.135. The van der Waals surface area contributed by atoms with Crippen molar-refractivity contribution in [2.24, 2.45) is 0 Å². The minimum Gasteiger partial charge on any atom is -0.398 e. The molecule has 4 heteroatoms. The van der Waals surface area contributed by atoms with E-state index in [4.69, 9.17) is 5.73 Å². The summed E-state index contributed by atoms with van der Waals surface area (Å²) in [4.78, 5) is 13.1. The Labute approximate surface area is 120 Å². The molecule has 0 fully saturated rings. The summed E-state index contributed by atoms with van der Waals surface area (Å²) in [6.07, 6.45) is 1.93. The highest BCUT2D eigenvalue weighted by molar-refractivity contribution is 8.00. The van der Waals surface area contributed by atoms with Gasteiger partial charge in [0.05, 0.1) is 5.25 Å². The summed E-state index contributed by atoms with van der Waals surface area (Å²) >= 11 is 1.52. The van der Waals surface area contributed by atoms with Crippen LogP contribution in [0, 0.1) is 6.92 Å². The summed E-state index contributed by atoms with van der Waals surface area (Å²) in [6, 6.07) is 6.19. The van der Waals surface area contributed by atoms with E-state index in [2.05, 4.69) is 19.2 Å². The number of carbonyl (C=O) groups excluding carboxylic acids is 1. The third-order valence-electron chi connectivity index (χ3n) is 3.29. The number of nitrogen functional groups attached to an aromatic ring is 1. The SMILES string of the molecule is CCC(CC)NC(=O)C(C)Sc1cccc(C)c1N. The van der Waals surface area contributed by atoms with E-state index in [1.54, 1.807) is 0 Å². The monoisotopic (exact) mass is 280 g/mol. The van der Waals surface area contributed by atoms with Crippen molar-refractivity contribution >= 4 is 23.4 Å². The third-order valence-corrected chi connectivity index (χ3v) is 4.47. The molecule has 0 bridgehead atoms. The van der Waals surface area contributed by atoms with Gasteiger partial charge in [0.2, 0.25) is 5.91 Å². The maximum absolute atomic E-state index is 12.1. The van der Waals surface area contributed by atoms with Gasteiger partial charge in [0, 0.05) is 16.6 Å². The van der Waals surface area contributed by atoms with Crippen LogP contribution in [0.2, 0.25) is 0 Å². The number of hydrogen-bond donors (Lipinski definition) is 2. The van der Waals surface area contributed by atoms with Crippen LogP contribution < -0.4 is 11.1 Å². The zero-order chi connectivity index (χ0) is 14.4. The van der Waals surface area contributed by atoms with E-state index in [1.807, 2.05) is 32.0 Å². The Morgan fingerprint density at radius 3 is 2.58 bits per heavy atom. The quantitative estimate of drug-likeness (QED) is 0.620. The summed E-state index contributed by atoms with van der Waals surface area (Å²) < 4.78 is 0. The number of hydrogen-bond acceptors (Lipinski definition) is 3. The third kappa shape index (κ3) is 4.46. The van der Waals surface area contributed by atoms with E-state index in [0.717, 1.165) is 29.0 Å². The van der Waals surface area contributed by atoms with Crippen LogP contribution in [0.15, 0.2) is 23.1 Å². The first kappa shape index (κ1) is 15.9. The van der Waals surface area contributed by atoms with Gasteiger partial charge in [-0.15, -0.1) is 11.8 Å². The van der Waals surface area contributed by atoms with Gasteiger partial charge in [-0.2, -0.15) is 0 Å². The number of thioether (sulfide) groups is 1. The summed E-state index contributed by atoms with van der Waals surface area (Å²) in [5, 5.41) is 2.94. The number of nitrogens with two attached hydrogens (primary N) is 1. The molecule has 1 amide bonds. The number of nitrogens with one attached hydrogen (secondary N) is 1. The highest BCUT2D eigenvalue weighted by Gasteiger charge is 2.18. The molecule has 0 radical (unpaired) electrons. The van der Waals surface area contributed by atoms with Crippen molar-refractivity contribution in [2.75, 3.05) is 5.73 Å². The molecule has 0 saturated heterocycles. The van der Waals surface area contributed by atoms with Crippen molar-refractivity contribution in [2.45, 2.75) is 56.7 Å². The Morgan fingerprint density at radius 1 is 1.37 bits per heavy atom. The molecular formula is C15H24N2OS. The second-order valence-electron chi connectivity index (χ2n) is 4.77. The molecule has 3 N–H and O–H groups in total. The second-order valence-corrected chi connectivity index (χ2v) is 6.15.